The minimum absolute atomic E-state index is 0.287. The average molecular weight is 378 g/mol. The van der Waals surface area contributed by atoms with Crippen LogP contribution in [0.3, 0.4) is 0 Å². The van der Waals surface area contributed by atoms with Crippen molar-refractivity contribution < 1.29 is 17.2 Å². The van der Waals surface area contributed by atoms with E-state index < -0.39 is 26.6 Å². The third-order valence-corrected chi connectivity index (χ3v) is 7.03. The zero-order valence-electron chi connectivity index (χ0n) is 14.2. The lowest BCUT2D eigenvalue weighted by Gasteiger charge is -2.41. The Morgan fingerprint density at radius 3 is 2.35 bits per heavy atom. The van der Waals surface area contributed by atoms with Gasteiger partial charge in [-0.3, -0.25) is 4.90 Å². The maximum atomic E-state index is 14.2. The Kier molecular flexibility index (Phi) is 4.54. The van der Waals surface area contributed by atoms with E-state index in [1.54, 1.807) is 0 Å². The van der Waals surface area contributed by atoms with Gasteiger partial charge in [0.1, 0.15) is 16.5 Å². The van der Waals surface area contributed by atoms with Gasteiger partial charge in [0, 0.05) is 31.7 Å². The molecule has 0 N–H and O–H groups in total. The Balaban J connectivity index is 1.72. The molecule has 1 saturated carbocycles. The molecule has 4 rings (SSSR count). The maximum Gasteiger partial charge on any atom is 0.246 e. The number of hydrogen-bond acceptors (Lipinski definition) is 3. The van der Waals surface area contributed by atoms with E-state index in [0.29, 0.717) is 25.2 Å². The predicted octanol–water partition coefficient (Wildman–Crippen LogP) is 3.17. The van der Waals surface area contributed by atoms with Gasteiger partial charge < -0.3 is 0 Å². The van der Waals surface area contributed by atoms with Crippen LogP contribution >= 0.6 is 0 Å². The summed E-state index contributed by atoms with van der Waals surface area (Å²) in [5.74, 6) is -1.85. The molecule has 1 unspecified atom stereocenters. The molecule has 0 bridgehead atoms. The molecule has 1 saturated heterocycles. The van der Waals surface area contributed by atoms with Gasteiger partial charge in [-0.2, -0.15) is 4.31 Å². The third kappa shape index (κ3) is 3.26. The summed E-state index contributed by atoms with van der Waals surface area (Å²) in [5.41, 5.74) is 0.879. The van der Waals surface area contributed by atoms with Gasteiger partial charge in [-0.25, -0.2) is 17.2 Å². The lowest BCUT2D eigenvalue weighted by Crippen LogP contribution is -2.51. The van der Waals surface area contributed by atoms with Crippen molar-refractivity contribution in [1.29, 1.82) is 0 Å². The number of rotatable bonds is 4. The number of sulfonamides is 1. The van der Waals surface area contributed by atoms with Crippen LogP contribution in [0.15, 0.2) is 53.4 Å². The lowest BCUT2D eigenvalue weighted by molar-refractivity contribution is 0.128. The van der Waals surface area contributed by atoms with Crippen LogP contribution in [0.2, 0.25) is 0 Å². The van der Waals surface area contributed by atoms with Gasteiger partial charge in [-0.05, 0) is 30.5 Å². The van der Waals surface area contributed by atoms with E-state index in [2.05, 4.69) is 4.90 Å². The Bertz CT molecular complexity index is 901. The normalized spacial score (nSPS) is 22.5. The second-order valence-corrected chi connectivity index (χ2v) is 8.70. The molecule has 2 fully saturated rings. The van der Waals surface area contributed by atoms with Crippen LogP contribution in [-0.4, -0.2) is 43.3 Å². The van der Waals surface area contributed by atoms with E-state index in [1.807, 2.05) is 30.3 Å². The standard InChI is InChI=1S/C19H20F2N2O2S/c20-15-6-9-19(17(21)12-15)26(24,25)23-11-10-22(16-7-8-16)13-18(23)14-4-2-1-3-5-14/h1-6,9,12,16,18H,7-8,10-11,13H2. The summed E-state index contributed by atoms with van der Waals surface area (Å²) in [6, 6.07) is 12.1. The van der Waals surface area contributed by atoms with Gasteiger partial charge in [0.15, 0.2) is 0 Å². The van der Waals surface area contributed by atoms with E-state index in [9.17, 15) is 17.2 Å². The van der Waals surface area contributed by atoms with Gasteiger partial charge in [0.05, 0.1) is 6.04 Å². The molecule has 1 heterocycles. The second-order valence-electron chi connectivity index (χ2n) is 6.84. The van der Waals surface area contributed by atoms with Crippen LogP contribution in [0.4, 0.5) is 8.78 Å². The van der Waals surface area contributed by atoms with Crippen molar-refractivity contribution in [2.24, 2.45) is 0 Å². The number of piperazine rings is 1. The number of halogens is 2. The van der Waals surface area contributed by atoms with Gasteiger partial charge in [0.2, 0.25) is 10.0 Å². The molecule has 2 aliphatic rings. The molecule has 1 aliphatic carbocycles. The molecule has 1 aliphatic heterocycles. The van der Waals surface area contributed by atoms with Crippen LogP contribution in [0.5, 0.6) is 0 Å². The first-order chi connectivity index (χ1) is 12.5. The summed E-state index contributed by atoms with van der Waals surface area (Å²) in [4.78, 5) is 1.84. The maximum absolute atomic E-state index is 14.2. The Hall–Kier alpha value is -1.83. The van der Waals surface area contributed by atoms with Crippen molar-refractivity contribution in [3.05, 3.63) is 65.7 Å². The first kappa shape index (κ1) is 17.6. The van der Waals surface area contributed by atoms with Gasteiger partial charge in [0.25, 0.3) is 0 Å². The second kappa shape index (κ2) is 6.72. The summed E-state index contributed by atoms with van der Waals surface area (Å²) in [6.07, 6.45) is 2.28. The van der Waals surface area contributed by atoms with E-state index in [0.717, 1.165) is 30.5 Å². The van der Waals surface area contributed by atoms with Crippen molar-refractivity contribution in [3.8, 4) is 0 Å². The largest absolute Gasteiger partial charge is 0.297 e. The van der Waals surface area contributed by atoms with Crippen molar-refractivity contribution in [3.63, 3.8) is 0 Å². The molecular weight excluding hydrogens is 358 g/mol. The quantitative estimate of drug-likeness (QED) is 0.821. The Labute approximate surface area is 152 Å². The fourth-order valence-electron chi connectivity index (χ4n) is 3.60. The third-order valence-electron chi connectivity index (χ3n) is 5.09. The molecule has 4 nitrogen and oxygen atoms in total. The van der Waals surface area contributed by atoms with E-state index in [4.69, 9.17) is 0 Å². The summed E-state index contributed by atoms with van der Waals surface area (Å²) >= 11 is 0. The van der Waals surface area contributed by atoms with Crippen LogP contribution in [0.1, 0.15) is 24.4 Å². The van der Waals surface area contributed by atoms with Crippen LogP contribution in [-0.2, 0) is 10.0 Å². The molecular formula is C19H20F2N2O2S. The minimum atomic E-state index is -4.07. The number of hydrogen-bond donors (Lipinski definition) is 0. The van der Waals surface area contributed by atoms with Crippen molar-refractivity contribution in [2.75, 3.05) is 19.6 Å². The summed E-state index contributed by atoms with van der Waals surface area (Å²) < 4.78 is 55.0. The molecule has 0 aromatic heterocycles. The van der Waals surface area contributed by atoms with E-state index in [1.165, 1.54) is 4.31 Å². The minimum Gasteiger partial charge on any atom is -0.297 e. The number of benzene rings is 2. The highest BCUT2D eigenvalue weighted by molar-refractivity contribution is 7.89. The number of nitrogens with zero attached hydrogens (tertiary/aromatic N) is 2. The van der Waals surface area contributed by atoms with Crippen LogP contribution in [0.25, 0.3) is 0 Å². The lowest BCUT2D eigenvalue weighted by atomic mass is 10.0. The fraction of sp³-hybridized carbons (Fsp3) is 0.368. The molecule has 0 radical (unpaired) electrons. The summed E-state index contributed by atoms with van der Waals surface area (Å²) in [6.45, 7) is 1.49. The smallest absolute Gasteiger partial charge is 0.246 e. The Morgan fingerprint density at radius 1 is 0.962 bits per heavy atom. The zero-order chi connectivity index (χ0) is 18.3. The van der Waals surface area contributed by atoms with Gasteiger partial charge >= 0.3 is 0 Å². The molecule has 1 atom stereocenters. The molecule has 138 valence electrons. The van der Waals surface area contributed by atoms with Gasteiger partial charge in [-0.15, -0.1) is 0 Å². The van der Waals surface area contributed by atoms with Crippen LogP contribution in [0, 0.1) is 11.6 Å². The highest BCUT2D eigenvalue weighted by Crippen LogP contribution is 2.36. The topological polar surface area (TPSA) is 40.6 Å². The fourth-order valence-corrected chi connectivity index (χ4v) is 5.25. The average Bonchev–Trinajstić information content (AvgIpc) is 3.47. The highest BCUT2D eigenvalue weighted by Gasteiger charge is 2.41. The molecule has 2 aromatic rings. The summed E-state index contributed by atoms with van der Waals surface area (Å²) in [5, 5.41) is 0. The van der Waals surface area contributed by atoms with Crippen LogP contribution < -0.4 is 0 Å². The predicted molar refractivity (Wildman–Crippen MR) is 94.0 cm³/mol. The van der Waals surface area contributed by atoms with Crippen molar-refractivity contribution in [1.82, 2.24) is 9.21 Å². The zero-order valence-corrected chi connectivity index (χ0v) is 15.0. The monoisotopic (exact) mass is 378 g/mol. The first-order valence-corrected chi connectivity index (χ1v) is 10.2. The van der Waals surface area contributed by atoms with Crippen molar-refractivity contribution in [2.45, 2.75) is 29.8 Å². The van der Waals surface area contributed by atoms with Crippen molar-refractivity contribution >= 4 is 10.0 Å². The molecule has 2 aromatic carbocycles. The van der Waals surface area contributed by atoms with Gasteiger partial charge in [-0.1, -0.05) is 30.3 Å². The van der Waals surface area contributed by atoms with E-state index in [-0.39, 0.29) is 12.6 Å². The molecule has 0 spiro atoms. The molecule has 7 heteroatoms. The molecule has 26 heavy (non-hydrogen) atoms. The van der Waals surface area contributed by atoms with E-state index >= 15 is 0 Å². The first-order valence-electron chi connectivity index (χ1n) is 8.73. The highest BCUT2D eigenvalue weighted by atomic mass is 32.2. The summed E-state index contributed by atoms with van der Waals surface area (Å²) in [7, 11) is -4.07. The Morgan fingerprint density at radius 2 is 1.69 bits per heavy atom. The molecule has 0 amide bonds. The SMILES string of the molecule is O=S(=O)(c1ccc(F)cc1F)N1CCN(C2CC2)CC1c1ccccc1.